The van der Waals surface area contributed by atoms with Gasteiger partial charge >= 0.3 is 5.97 Å². The van der Waals surface area contributed by atoms with Crippen LogP contribution in [0, 0.1) is 24.2 Å². The molecule has 0 aromatic carbocycles. The van der Waals surface area contributed by atoms with Crippen LogP contribution in [0.25, 0.3) is 0 Å². The zero-order valence-electron chi connectivity index (χ0n) is 13.1. The highest BCUT2D eigenvalue weighted by Gasteiger charge is 2.27. The summed E-state index contributed by atoms with van der Waals surface area (Å²) in [7, 11) is 1.91. The Morgan fingerprint density at radius 3 is 2.95 bits per heavy atom. The van der Waals surface area contributed by atoms with E-state index < -0.39 is 0 Å². The molecule has 1 aromatic heterocycles. The smallest absolute Gasteiger partial charge is 0.310 e. The van der Waals surface area contributed by atoms with Crippen LogP contribution in [0.3, 0.4) is 0 Å². The molecule has 1 fully saturated rings. The second-order valence-corrected chi connectivity index (χ2v) is 5.64. The van der Waals surface area contributed by atoms with Gasteiger partial charge in [-0.2, -0.15) is 5.26 Å². The summed E-state index contributed by atoms with van der Waals surface area (Å²) in [5.41, 5.74) is 2.96. The molecule has 0 amide bonds. The van der Waals surface area contributed by atoms with E-state index >= 15 is 0 Å². The first kappa shape index (κ1) is 15.6. The van der Waals surface area contributed by atoms with E-state index in [1.165, 1.54) is 5.56 Å². The van der Waals surface area contributed by atoms with Gasteiger partial charge in [0.15, 0.2) is 0 Å². The lowest BCUT2D eigenvalue weighted by molar-refractivity contribution is -0.150. The lowest BCUT2D eigenvalue weighted by atomic mass is 9.98. The van der Waals surface area contributed by atoms with E-state index in [0.29, 0.717) is 12.3 Å². The molecule has 1 saturated heterocycles. The third kappa shape index (κ3) is 3.45. The maximum atomic E-state index is 11.9. The van der Waals surface area contributed by atoms with Crippen molar-refractivity contribution in [2.75, 3.05) is 19.7 Å². The van der Waals surface area contributed by atoms with Gasteiger partial charge in [0.05, 0.1) is 12.5 Å². The van der Waals surface area contributed by atoms with Crippen molar-refractivity contribution in [3.05, 3.63) is 23.0 Å². The third-order valence-corrected chi connectivity index (χ3v) is 4.27. The number of esters is 1. The molecule has 1 aromatic rings. The van der Waals surface area contributed by atoms with Gasteiger partial charge in [-0.1, -0.05) is 0 Å². The number of nitrogens with zero attached hydrogens (tertiary/aromatic N) is 3. The van der Waals surface area contributed by atoms with E-state index in [2.05, 4.69) is 11.0 Å². The van der Waals surface area contributed by atoms with Gasteiger partial charge in [-0.25, -0.2) is 0 Å². The Bertz CT molecular complexity index is 557. The normalized spacial score (nSPS) is 19.2. The Kier molecular flexibility index (Phi) is 5.03. The van der Waals surface area contributed by atoms with Crippen LogP contribution in [0.4, 0.5) is 0 Å². The number of piperidine rings is 1. The topological polar surface area (TPSA) is 58.3 Å². The number of aromatic nitrogens is 1. The van der Waals surface area contributed by atoms with Crippen molar-refractivity contribution in [3.8, 4) is 6.07 Å². The molecule has 0 N–H and O–H groups in total. The largest absolute Gasteiger partial charge is 0.466 e. The van der Waals surface area contributed by atoms with E-state index in [0.717, 1.165) is 38.2 Å². The number of hydrogen-bond donors (Lipinski definition) is 0. The Morgan fingerprint density at radius 2 is 2.33 bits per heavy atom. The van der Waals surface area contributed by atoms with Gasteiger partial charge in [0.2, 0.25) is 0 Å². The van der Waals surface area contributed by atoms with Crippen molar-refractivity contribution in [1.82, 2.24) is 9.47 Å². The van der Waals surface area contributed by atoms with Crippen LogP contribution in [-0.4, -0.2) is 35.1 Å². The first-order valence-electron chi connectivity index (χ1n) is 7.51. The van der Waals surface area contributed by atoms with Gasteiger partial charge in [-0.15, -0.1) is 0 Å². The fourth-order valence-corrected chi connectivity index (χ4v) is 2.92. The number of rotatable bonds is 4. The van der Waals surface area contributed by atoms with Crippen LogP contribution < -0.4 is 0 Å². The standard InChI is InChI=1S/C16H23N3O2/c1-4-21-16(20)13-6-5-7-19(10-13)11-14-8-15(9-17)18(3)12(14)2/h8,13H,4-7,10-11H2,1-3H3/t13-/m0/s1. The van der Waals surface area contributed by atoms with Crippen LogP contribution in [0.1, 0.15) is 36.7 Å². The molecule has 21 heavy (non-hydrogen) atoms. The molecule has 2 heterocycles. The van der Waals surface area contributed by atoms with Crippen molar-refractivity contribution in [3.63, 3.8) is 0 Å². The molecule has 114 valence electrons. The zero-order valence-corrected chi connectivity index (χ0v) is 13.1. The van der Waals surface area contributed by atoms with Gasteiger partial charge in [-0.3, -0.25) is 9.69 Å². The third-order valence-electron chi connectivity index (χ3n) is 4.27. The van der Waals surface area contributed by atoms with Gasteiger partial charge in [0, 0.05) is 25.8 Å². The molecule has 0 aliphatic carbocycles. The fraction of sp³-hybridized carbons (Fsp3) is 0.625. The van der Waals surface area contributed by atoms with Crippen LogP contribution in [0.5, 0.6) is 0 Å². The highest BCUT2D eigenvalue weighted by Crippen LogP contribution is 2.22. The zero-order chi connectivity index (χ0) is 15.4. The maximum Gasteiger partial charge on any atom is 0.310 e. The molecule has 1 aliphatic heterocycles. The molecule has 0 bridgehead atoms. The number of hydrogen-bond acceptors (Lipinski definition) is 4. The minimum atomic E-state index is -0.0790. The Labute approximate surface area is 126 Å². The summed E-state index contributed by atoms with van der Waals surface area (Å²) in [4.78, 5) is 14.2. The summed E-state index contributed by atoms with van der Waals surface area (Å²) in [6.45, 7) is 6.84. The van der Waals surface area contributed by atoms with E-state index in [4.69, 9.17) is 10.00 Å². The molecule has 1 aliphatic rings. The molecule has 5 heteroatoms. The van der Waals surface area contributed by atoms with Gasteiger partial charge in [-0.05, 0) is 44.9 Å². The van der Waals surface area contributed by atoms with E-state index in [1.807, 2.05) is 31.5 Å². The monoisotopic (exact) mass is 289 g/mol. The molecule has 5 nitrogen and oxygen atoms in total. The predicted octanol–water partition coefficient (Wildman–Crippen LogP) is 1.98. The number of nitriles is 1. The minimum absolute atomic E-state index is 0.0156. The van der Waals surface area contributed by atoms with Crippen LogP contribution >= 0.6 is 0 Å². The predicted molar refractivity (Wildman–Crippen MR) is 79.5 cm³/mol. The van der Waals surface area contributed by atoms with Crippen molar-refractivity contribution in [2.45, 2.75) is 33.2 Å². The van der Waals surface area contributed by atoms with Crippen molar-refractivity contribution >= 4 is 5.97 Å². The van der Waals surface area contributed by atoms with E-state index in [-0.39, 0.29) is 11.9 Å². The minimum Gasteiger partial charge on any atom is -0.466 e. The number of likely N-dealkylation sites (tertiary alicyclic amines) is 1. The quantitative estimate of drug-likeness (QED) is 0.795. The summed E-state index contributed by atoms with van der Waals surface area (Å²) in [5, 5.41) is 9.09. The molecule has 0 unspecified atom stereocenters. The summed E-state index contributed by atoms with van der Waals surface area (Å²) < 4.78 is 7.05. The number of carbonyl (C=O) groups excluding carboxylic acids is 1. The van der Waals surface area contributed by atoms with Gasteiger partial charge < -0.3 is 9.30 Å². The Hall–Kier alpha value is -1.80. The molecule has 1 atom stereocenters. The first-order valence-corrected chi connectivity index (χ1v) is 7.51. The number of carbonyl (C=O) groups is 1. The Morgan fingerprint density at radius 1 is 1.57 bits per heavy atom. The lowest BCUT2D eigenvalue weighted by Crippen LogP contribution is -2.39. The lowest BCUT2D eigenvalue weighted by Gasteiger charge is -2.31. The van der Waals surface area contributed by atoms with Crippen molar-refractivity contribution in [2.24, 2.45) is 13.0 Å². The Balaban J connectivity index is 2.03. The second-order valence-electron chi connectivity index (χ2n) is 5.64. The summed E-state index contributed by atoms with van der Waals surface area (Å²) in [6.07, 6.45) is 1.92. The van der Waals surface area contributed by atoms with Gasteiger partial charge in [0.25, 0.3) is 0 Å². The van der Waals surface area contributed by atoms with Crippen molar-refractivity contribution in [1.29, 1.82) is 5.26 Å². The van der Waals surface area contributed by atoms with Gasteiger partial charge in [0.1, 0.15) is 11.8 Å². The van der Waals surface area contributed by atoms with Crippen LogP contribution in [0.2, 0.25) is 0 Å². The average Bonchev–Trinajstić information content (AvgIpc) is 2.76. The fourth-order valence-electron chi connectivity index (χ4n) is 2.92. The molecule has 0 radical (unpaired) electrons. The highest BCUT2D eigenvalue weighted by atomic mass is 16.5. The molecular formula is C16H23N3O2. The summed E-state index contributed by atoms with van der Waals surface area (Å²) in [5.74, 6) is -0.0946. The maximum absolute atomic E-state index is 11.9. The second kappa shape index (κ2) is 6.77. The van der Waals surface area contributed by atoms with E-state index in [9.17, 15) is 4.79 Å². The number of ether oxygens (including phenoxy) is 1. The SMILES string of the molecule is CCOC(=O)[C@H]1CCCN(Cc2cc(C#N)n(C)c2C)C1. The average molecular weight is 289 g/mol. The summed E-state index contributed by atoms with van der Waals surface area (Å²) in [6, 6.07) is 4.16. The van der Waals surface area contributed by atoms with Crippen molar-refractivity contribution < 1.29 is 9.53 Å². The van der Waals surface area contributed by atoms with E-state index in [1.54, 1.807) is 0 Å². The first-order chi connectivity index (χ1) is 10.1. The molecule has 0 saturated carbocycles. The summed E-state index contributed by atoms with van der Waals surface area (Å²) >= 11 is 0. The van der Waals surface area contributed by atoms with Crippen LogP contribution in [-0.2, 0) is 23.1 Å². The molecular weight excluding hydrogens is 266 g/mol. The highest BCUT2D eigenvalue weighted by molar-refractivity contribution is 5.72. The van der Waals surface area contributed by atoms with Crippen LogP contribution in [0.15, 0.2) is 6.07 Å². The molecule has 0 spiro atoms. The molecule has 2 rings (SSSR count).